The molecule has 0 bridgehead atoms. The summed E-state index contributed by atoms with van der Waals surface area (Å²) < 4.78 is 21.2. The molecule has 4 heteroatoms. The average molecular weight is 322 g/mol. The lowest BCUT2D eigenvalue weighted by molar-refractivity contribution is 0.00763. The van der Waals surface area contributed by atoms with Gasteiger partial charge in [0.05, 0.1) is 46.2 Å². The van der Waals surface area contributed by atoms with E-state index >= 15 is 0 Å². The van der Waals surface area contributed by atoms with Gasteiger partial charge in [-0.3, -0.25) is 0 Å². The molecule has 0 aliphatic rings. The number of ether oxygens (including phenoxy) is 4. The van der Waals surface area contributed by atoms with E-state index in [1.807, 2.05) is 0 Å². The van der Waals surface area contributed by atoms with E-state index in [9.17, 15) is 0 Å². The average Bonchev–Trinajstić information content (AvgIpc) is 2.56. The van der Waals surface area contributed by atoms with Crippen molar-refractivity contribution in [1.29, 1.82) is 0 Å². The van der Waals surface area contributed by atoms with E-state index in [1.165, 1.54) is 5.56 Å². The lowest BCUT2D eigenvalue weighted by Crippen LogP contribution is -2.11. The van der Waals surface area contributed by atoms with Gasteiger partial charge in [0.25, 0.3) is 0 Å². The number of methoxy groups -OCH3 is 1. The molecule has 1 rings (SSSR count). The van der Waals surface area contributed by atoms with Crippen LogP contribution in [-0.4, -0.2) is 53.4 Å². The molecule has 0 unspecified atom stereocenters. The normalized spacial score (nSPS) is 11.1. The molecule has 0 aromatic heterocycles. The van der Waals surface area contributed by atoms with Gasteiger partial charge in [-0.05, 0) is 22.6 Å². The second kappa shape index (κ2) is 12.3. The predicted molar refractivity (Wildman–Crippen MR) is 93.9 cm³/mol. The molecule has 0 saturated heterocycles. The van der Waals surface area contributed by atoms with Crippen molar-refractivity contribution in [2.45, 2.75) is 19.8 Å². The summed E-state index contributed by atoms with van der Waals surface area (Å²) in [4.78, 5) is 0. The van der Waals surface area contributed by atoms with Crippen molar-refractivity contribution in [3.8, 4) is 0 Å². The molecule has 0 N–H and O–H groups in total. The van der Waals surface area contributed by atoms with Crippen LogP contribution in [0.1, 0.15) is 30.9 Å². The van der Waals surface area contributed by atoms with Gasteiger partial charge in [0.2, 0.25) is 0 Å². The number of hydrogen-bond donors (Lipinski definition) is 0. The van der Waals surface area contributed by atoms with Crippen molar-refractivity contribution >= 4 is 5.57 Å². The highest BCUT2D eigenvalue weighted by molar-refractivity contribution is 5.64. The smallest absolute Gasteiger partial charge is 0.0718 e. The van der Waals surface area contributed by atoms with Crippen molar-refractivity contribution in [2.75, 3.05) is 53.4 Å². The molecule has 130 valence electrons. The Bertz CT molecular complexity index is 426. The fourth-order valence-corrected chi connectivity index (χ4v) is 1.96. The van der Waals surface area contributed by atoms with Crippen molar-refractivity contribution in [3.05, 3.63) is 42.0 Å². The lowest BCUT2D eigenvalue weighted by atomic mass is 10.00. The molecule has 23 heavy (non-hydrogen) atoms. The summed E-state index contributed by atoms with van der Waals surface area (Å²) in [7, 11) is 1.66. The Balaban J connectivity index is 2.06. The molecule has 0 saturated carbocycles. The van der Waals surface area contributed by atoms with Crippen LogP contribution in [0.15, 0.2) is 30.8 Å². The van der Waals surface area contributed by atoms with Crippen molar-refractivity contribution in [1.82, 2.24) is 0 Å². The van der Waals surface area contributed by atoms with Gasteiger partial charge in [0.1, 0.15) is 0 Å². The Labute approximate surface area is 140 Å². The van der Waals surface area contributed by atoms with Gasteiger partial charge in [-0.2, -0.15) is 0 Å². The molecule has 0 amide bonds. The molecule has 4 nitrogen and oxygen atoms in total. The summed E-state index contributed by atoms with van der Waals surface area (Å²) in [5.74, 6) is 0.546. The second-order valence-corrected chi connectivity index (χ2v) is 5.65. The maximum absolute atomic E-state index is 5.59. The molecule has 0 aliphatic carbocycles. The van der Waals surface area contributed by atoms with Crippen LogP contribution in [0.25, 0.3) is 5.57 Å². The zero-order valence-corrected chi connectivity index (χ0v) is 14.7. The maximum Gasteiger partial charge on any atom is 0.0718 e. The van der Waals surface area contributed by atoms with E-state index in [2.05, 4.69) is 44.7 Å². The van der Waals surface area contributed by atoms with E-state index in [-0.39, 0.29) is 0 Å². The monoisotopic (exact) mass is 322 g/mol. The molecule has 0 radical (unpaired) electrons. The Morgan fingerprint density at radius 3 is 1.91 bits per heavy atom. The zero-order chi connectivity index (χ0) is 16.9. The zero-order valence-electron chi connectivity index (χ0n) is 14.7. The first-order valence-corrected chi connectivity index (χ1v) is 8.15. The van der Waals surface area contributed by atoms with Gasteiger partial charge < -0.3 is 18.9 Å². The third-order valence-corrected chi connectivity index (χ3v) is 3.44. The van der Waals surface area contributed by atoms with Gasteiger partial charge in [0.15, 0.2) is 0 Å². The van der Waals surface area contributed by atoms with E-state index in [1.54, 1.807) is 7.11 Å². The fourth-order valence-electron chi connectivity index (χ4n) is 1.96. The van der Waals surface area contributed by atoms with Crippen LogP contribution in [0.2, 0.25) is 0 Å². The topological polar surface area (TPSA) is 36.9 Å². The van der Waals surface area contributed by atoms with Crippen molar-refractivity contribution in [2.24, 2.45) is 0 Å². The standard InChI is InChI=1S/C19H30O4/c1-16(2)18-5-7-19(8-6-18)17(3)15-23-14-13-22-12-11-21-10-9-20-4/h5-8,16H,3,9-15H2,1-2,4H3. The minimum absolute atomic E-state index is 0.523. The third-order valence-electron chi connectivity index (χ3n) is 3.44. The number of hydrogen-bond acceptors (Lipinski definition) is 4. The lowest BCUT2D eigenvalue weighted by Gasteiger charge is -2.10. The minimum Gasteiger partial charge on any atom is -0.382 e. The number of benzene rings is 1. The predicted octanol–water partition coefficient (Wildman–Crippen LogP) is 3.52. The fraction of sp³-hybridized carbons (Fsp3) is 0.579. The van der Waals surface area contributed by atoms with E-state index in [0.29, 0.717) is 52.2 Å². The quantitative estimate of drug-likeness (QED) is 0.521. The SMILES string of the molecule is C=C(COCCOCCOCCOC)c1ccc(C(C)C)cc1. The molecule has 1 aromatic rings. The Morgan fingerprint density at radius 2 is 1.39 bits per heavy atom. The Hall–Kier alpha value is -1.20. The first kappa shape index (κ1) is 19.8. The van der Waals surface area contributed by atoms with Gasteiger partial charge >= 0.3 is 0 Å². The molecule has 0 aliphatic heterocycles. The second-order valence-electron chi connectivity index (χ2n) is 5.65. The van der Waals surface area contributed by atoms with E-state index in [4.69, 9.17) is 18.9 Å². The van der Waals surface area contributed by atoms with Crippen LogP contribution in [0.4, 0.5) is 0 Å². The first-order chi connectivity index (χ1) is 11.1. The van der Waals surface area contributed by atoms with Crippen LogP contribution in [-0.2, 0) is 18.9 Å². The molecule has 0 heterocycles. The van der Waals surface area contributed by atoms with Crippen LogP contribution in [0.3, 0.4) is 0 Å². The summed E-state index contributed by atoms with van der Waals surface area (Å²) in [6.07, 6.45) is 0. The highest BCUT2D eigenvalue weighted by Crippen LogP contribution is 2.18. The van der Waals surface area contributed by atoms with Crippen LogP contribution < -0.4 is 0 Å². The van der Waals surface area contributed by atoms with Gasteiger partial charge in [-0.1, -0.05) is 44.7 Å². The summed E-state index contributed by atoms with van der Waals surface area (Å²) in [6.45, 7) is 12.5. The number of rotatable bonds is 13. The molecular weight excluding hydrogens is 292 g/mol. The van der Waals surface area contributed by atoms with Crippen LogP contribution >= 0.6 is 0 Å². The molecule has 1 aromatic carbocycles. The first-order valence-electron chi connectivity index (χ1n) is 8.15. The van der Waals surface area contributed by atoms with Gasteiger partial charge in [-0.15, -0.1) is 0 Å². The van der Waals surface area contributed by atoms with Crippen LogP contribution in [0, 0.1) is 0 Å². The van der Waals surface area contributed by atoms with Crippen molar-refractivity contribution in [3.63, 3.8) is 0 Å². The summed E-state index contributed by atoms with van der Waals surface area (Å²) in [5, 5.41) is 0. The highest BCUT2D eigenvalue weighted by Gasteiger charge is 2.02. The Kier molecular flexibility index (Phi) is 10.6. The van der Waals surface area contributed by atoms with E-state index < -0.39 is 0 Å². The minimum atomic E-state index is 0.523. The van der Waals surface area contributed by atoms with Gasteiger partial charge in [-0.25, -0.2) is 0 Å². The highest BCUT2D eigenvalue weighted by atomic mass is 16.6. The molecule has 0 spiro atoms. The van der Waals surface area contributed by atoms with E-state index in [0.717, 1.165) is 11.1 Å². The molecule has 0 atom stereocenters. The summed E-state index contributed by atoms with van der Waals surface area (Å²) >= 11 is 0. The Morgan fingerprint density at radius 1 is 0.870 bits per heavy atom. The largest absolute Gasteiger partial charge is 0.382 e. The summed E-state index contributed by atoms with van der Waals surface area (Å²) in [6, 6.07) is 8.51. The maximum atomic E-state index is 5.59. The summed E-state index contributed by atoms with van der Waals surface area (Å²) in [5.41, 5.74) is 3.45. The van der Waals surface area contributed by atoms with Crippen molar-refractivity contribution < 1.29 is 18.9 Å². The molecule has 0 fully saturated rings. The molecular formula is C19H30O4. The van der Waals surface area contributed by atoms with Crippen LogP contribution in [0.5, 0.6) is 0 Å². The van der Waals surface area contributed by atoms with Gasteiger partial charge in [0, 0.05) is 7.11 Å². The third kappa shape index (κ3) is 8.86.